The van der Waals surface area contributed by atoms with E-state index in [9.17, 15) is 9.50 Å². The Bertz CT molecular complexity index is 373. The van der Waals surface area contributed by atoms with Crippen molar-refractivity contribution in [3.63, 3.8) is 0 Å². The maximum atomic E-state index is 13.6. The van der Waals surface area contributed by atoms with Crippen LogP contribution >= 0.6 is 0 Å². The zero-order chi connectivity index (χ0) is 11.1. The molecule has 1 aromatic rings. The van der Waals surface area contributed by atoms with Gasteiger partial charge in [-0.15, -0.1) is 0 Å². The quantitative estimate of drug-likeness (QED) is 0.751. The third-order valence-corrected chi connectivity index (χ3v) is 3.36. The molecule has 2 rings (SSSR count). The minimum absolute atomic E-state index is 0.108. The lowest BCUT2D eigenvalue weighted by Gasteiger charge is -2.26. The van der Waals surface area contributed by atoms with Gasteiger partial charge in [-0.25, -0.2) is 4.39 Å². The van der Waals surface area contributed by atoms with Crippen LogP contribution in [0.25, 0.3) is 0 Å². The average molecular weight is 208 g/mol. The summed E-state index contributed by atoms with van der Waals surface area (Å²) in [4.78, 5) is 0. The molecule has 1 saturated carbocycles. The third kappa shape index (κ3) is 1.91. The predicted octanol–water partition coefficient (Wildman–Crippen LogP) is 3.22. The van der Waals surface area contributed by atoms with Crippen molar-refractivity contribution in [2.45, 2.75) is 38.7 Å². The smallest absolute Gasteiger partial charge is 0.129 e. The SMILES string of the molecule is CC1(C)CC[C@@](O)(c2ccccc2F)C1. The Morgan fingerprint density at radius 1 is 1.20 bits per heavy atom. The molecular weight excluding hydrogens is 191 g/mol. The summed E-state index contributed by atoms with van der Waals surface area (Å²) in [5, 5.41) is 10.4. The van der Waals surface area contributed by atoms with Crippen molar-refractivity contribution < 1.29 is 9.50 Å². The maximum absolute atomic E-state index is 13.6. The molecule has 1 aliphatic rings. The molecule has 0 radical (unpaired) electrons. The highest BCUT2D eigenvalue weighted by Gasteiger charge is 2.44. The molecule has 1 aliphatic carbocycles. The van der Waals surface area contributed by atoms with E-state index in [1.54, 1.807) is 18.2 Å². The summed E-state index contributed by atoms with van der Waals surface area (Å²) in [6.45, 7) is 4.23. The van der Waals surface area contributed by atoms with E-state index in [0.29, 0.717) is 18.4 Å². The minimum atomic E-state index is -0.963. The molecule has 82 valence electrons. The van der Waals surface area contributed by atoms with Crippen LogP contribution < -0.4 is 0 Å². The molecule has 0 spiro atoms. The molecule has 0 bridgehead atoms. The van der Waals surface area contributed by atoms with Crippen molar-refractivity contribution in [3.8, 4) is 0 Å². The summed E-state index contributed by atoms with van der Waals surface area (Å²) in [5.74, 6) is -0.294. The predicted molar refractivity (Wildman–Crippen MR) is 57.9 cm³/mol. The second-order valence-corrected chi connectivity index (χ2v) is 5.35. The molecule has 1 fully saturated rings. The summed E-state index contributed by atoms with van der Waals surface area (Å²) in [5.41, 5.74) is -0.401. The summed E-state index contributed by atoms with van der Waals surface area (Å²) in [6.07, 6.45) is 2.24. The first-order valence-corrected chi connectivity index (χ1v) is 5.40. The van der Waals surface area contributed by atoms with E-state index in [4.69, 9.17) is 0 Å². The Morgan fingerprint density at radius 2 is 1.87 bits per heavy atom. The molecule has 0 saturated heterocycles. The van der Waals surface area contributed by atoms with E-state index in [2.05, 4.69) is 13.8 Å². The summed E-state index contributed by atoms with van der Waals surface area (Å²) >= 11 is 0. The molecule has 0 unspecified atom stereocenters. The largest absolute Gasteiger partial charge is 0.385 e. The fourth-order valence-electron chi connectivity index (χ4n) is 2.58. The van der Waals surface area contributed by atoms with E-state index in [-0.39, 0.29) is 11.2 Å². The van der Waals surface area contributed by atoms with Gasteiger partial charge in [-0.1, -0.05) is 32.0 Å². The molecule has 1 N–H and O–H groups in total. The van der Waals surface area contributed by atoms with E-state index >= 15 is 0 Å². The highest BCUT2D eigenvalue weighted by molar-refractivity contribution is 5.26. The number of aliphatic hydroxyl groups is 1. The van der Waals surface area contributed by atoms with E-state index in [1.165, 1.54) is 6.07 Å². The monoisotopic (exact) mass is 208 g/mol. The summed E-state index contributed by atoms with van der Waals surface area (Å²) in [7, 11) is 0. The first kappa shape index (κ1) is 10.6. The van der Waals surface area contributed by atoms with Crippen LogP contribution in [-0.2, 0) is 5.60 Å². The normalized spacial score (nSPS) is 29.3. The van der Waals surface area contributed by atoms with Crippen molar-refractivity contribution in [2.75, 3.05) is 0 Å². The molecule has 2 heteroatoms. The van der Waals surface area contributed by atoms with Gasteiger partial charge in [-0.3, -0.25) is 0 Å². The van der Waals surface area contributed by atoms with Crippen LogP contribution in [0.4, 0.5) is 4.39 Å². The van der Waals surface area contributed by atoms with Crippen molar-refractivity contribution in [3.05, 3.63) is 35.6 Å². The fourth-order valence-corrected chi connectivity index (χ4v) is 2.58. The van der Waals surface area contributed by atoms with Gasteiger partial charge in [0.05, 0.1) is 5.60 Å². The van der Waals surface area contributed by atoms with Gasteiger partial charge in [0, 0.05) is 5.56 Å². The van der Waals surface area contributed by atoms with Gasteiger partial charge < -0.3 is 5.11 Å². The van der Waals surface area contributed by atoms with Crippen LogP contribution in [0, 0.1) is 11.2 Å². The zero-order valence-electron chi connectivity index (χ0n) is 9.26. The van der Waals surface area contributed by atoms with Crippen LogP contribution in [0.3, 0.4) is 0 Å². The second-order valence-electron chi connectivity index (χ2n) is 5.35. The van der Waals surface area contributed by atoms with Crippen molar-refractivity contribution in [1.29, 1.82) is 0 Å². The van der Waals surface area contributed by atoms with Crippen LogP contribution in [-0.4, -0.2) is 5.11 Å². The van der Waals surface area contributed by atoms with Crippen molar-refractivity contribution >= 4 is 0 Å². The van der Waals surface area contributed by atoms with Crippen molar-refractivity contribution in [2.24, 2.45) is 5.41 Å². The number of hydrogen-bond acceptors (Lipinski definition) is 1. The molecule has 0 heterocycles. The maximum Gasteiger partial charge on any atom is 0.129 e. The molecule has 1 atom stereocenters. The lowest BCUT2D eigenvalue weighted by Crippen LogP contribution is -2.24. The minimum Gasteiger partial charge on any atom is -0.385 e. The van der Waals surface area contributed by atoms with E-state index in [1.807, 2.05) is 0 Å². The highest BCUT2D eigenvalue weighted by atomic mass is 19.1. The highest BCUT2D eigenvalue weighted by Crippen LogP contribution is 2.49. The summed E-state index contributed by atoms with van der Waals surface area (Å²) < 4.78 is 13.6. The van der Waals surface area contributed by atoms with Gasteiger partial charge in [0.2, 0.25) is 0 Å². The van der Waals surface area contributed by atoms with Crippen LogP contribution in [0.1, 0.15) is 38.7 Å². The topological polar surface area (TPSA) is 20.2 Å². The zero-order valence-corrected chi connectivity index (χ0v) is 9.26. The van der Waals surface area contributed by atoms with Gasteiger partial charge in [0.25, 0.3) is 0 Å². The number of halogens is 1. The molecule has 0 aliphatic heterocycles. The van der Waals surface area contributed by atoms with Gasteiger partial charge in [-0.05, 0) is 30.7 Å². The molecule has 0 amide bonds. The Labute approximate surface area is 89.9 Å². The summed E-state index contributed by atoms with van der Waals surface area (Å²) in [6, 6.07) is 6.54. The third-order valence-electron chi connectivity index (χ3n) is 3.36. The molecule has 1 nitrogen and oxygen atoms in total. The Balaban J connectivity index is 2.36. The molecule has 1 aromatic carbocycles. The number of rotatable bonds is 1. The first-order valence-electron chi connectivity index (χ1n) is 5.40. The van der Waals surface area contributed by atoms with Crippen LogP contribution in [0.5, 0.6) is 0 Å². The molecule has 15 heavy (non-hydrogen) atoms. The Morgan fingerprint density at radius 3 is 2.40 bits per heavy atom. The second kappa shape index (κ2) is 3.31. The van der Waals surface area contributed by atoms with Gasteiger partial charge in [0.1, 0.15) is 5.82 Å². The van der Waals surface area contributed by atoms with Gasteiger partial charge >= 0.3 is 0 Å². The van der Waals surface area contributed by atoms with E-state index < -0.39 is 5.60 Å². The lowest BCUT2D eigenvalue weighted by molar-refractivity contribution is 0.0303. The number of benzene rings is 1. The fraction of sp³-hybridized carbons (Fsp3) is 0.538. The lowest BCUT2D eigenvalue weighted by atomic mass is 9.86. The number of hydrogen-bond donors (Lipinski definition) is 1. The van der Waals surface area contributed by atoms with E-state index in [0.717, 1.165) is 6.42 Å². The Hall–Kier alpha value is -0.890. The molecule has 0 aromatic heterocycles. The molecular formula is C13H17FO. The average Bonchev–Trinajstić information content (AvgIpc) is 2.42. The Kier molecular flexibility index (Phi) is 2.34. The van der Waals surface area contributed by atoms with Crippen LogP contribution in [0.2, 0.25) is 0 Å². The standard InChI is InChI=1S/C13H17FO/c1-12(2)7-8-13(15,9-12)10-5-3-4-6-11(10)14/h3-6,15H,7-9H2,1-2H3/t13-/m0/s1. The first-order chi connectivity index (χ1) is 6.93. The van der Waals surface area contributed by atoms with Crippen LogP contribution in [0.15, 0.2) is 24.3 Å². The van der Waals surface area contributed by atoms with Gasteiger partial charge in [0.15, 0.2) is 0 Å². The van der Waals surface area contributed by atoms with Gasteiger partial charge in [-0.2, -0.15) is 0 Å². The van der Waals surface area contributed by atoms with Crippen molar-refractivity contribution in [1.82, 2.24) is 0 Å².